The maximum atomic E-state index is 13.5. The summed E-state index contributed by atoms with van der Waals surface area (Å²) in [5.41, 5.74) is 2.95. The van der Waals surface area contributed by atoms with Gasteiger partial charge in [0.2, 0.25) is 0 Å². The van der Waals surface area contributed by atoms with Gasteiger partial charge in [-0.3, -0.25) is 4.90 Å². The van der Waals surface area contributed by atoms with Crippen LogP contribution in [0, 0.1) is 13.8 Å². The van der Waals surface area contributed by atoms with Gasteiger partial charge in [0.1, 0.15) is 18.0 Å². The highest BCUT2D eigenvalue weighted by atomic mass is 19.1. The van der Waals surface area contributed by atoms with Crippen LogP contribution in [0.25, 0.3) is 11.0 Å². The Balaban J connectivity index is 2.57. The number of rotatable bonds is 5. The van der Waals surface area contributed by atoms with E-state index in [4.69, 9.17) is 4.42 Å². The zero-order valence-corrected chi connectivity index (χ0v) is 12.2. The van der Waals surface area contributed by atoms with E-state index < -0.39 is 0 Å². The van der Waals surface area contributed by atoms with Crippen molar-refractivity contribution in [3.05, 3.63) is 35.1 Å². The van der Waals surface area contributed by atoms with E-state index in [1.54, 1.807) is 0 Å². The topological polar surface area (TPSA) is 16.4 Å². The molecule has 0 bridgehead atoms. The molecule has 0 saturated heterocycles. The first-order chi connectivity index (χ1) is 9.13. The molecule has 0 fully saturated rings. The molecule has 1 aromatic heterocycles. The van der Waals surface area contributed by atoms with Crippen LogP contribution in [0.2, 0.25) is 0 Å². The third-order valence-corrected chi connectivity index (χ3v) is 3.99. The molecule has 0 spiro atoms. The SMILES string of the molecule is CCN(CC)C(CF)c1cccc2c(C)c(C)oc12. The number of alkyl halides is 1. The Morgan fingerprint density at radius 2 is 1.89 bits per heavy atom. The molecule has 2 nitrogen and oxygen atoms in total. The van der Waals surface area contributed by atoms with Crippen molar-refractivity contribution in [1.29, 1.82) is 0 Å². The summed E-state index contributed by atoms with van der Waals surface area (Å²) in [6, 6.07) is 5.80. The molecule has 2 rings (SSSR count). The predicted octanol–water partition coefficient (Wildman–Crippen LogP) is 4.40. The largest absolute Gasteiger partial charge is 0.461 e. The molecule has 1 atom stereocenters. The molecule has 19 heavy (non-hydrogen) atoms. The summed E-state index contributed by atoms with van der Waals surface area (Å²) < 4.78 is 19.4. The van der Waals surface area contributed by atoms with Crippen molar-refractivity contribution in [3.63, 3.8) is 0 Å². The van der Waals surface area contributed by atoms with E-state index in [0.29, 0.717) is 0 Å². The van der Waals surface area contributed by atoms with Crippen molar-refractivity contribution >= 4 is 11.0 Å². The van der Waals surface area contributed by atoms with E-state index in [0.717, 1.165) is 40.9 Å². The van der Waals surface area contributed by atoms with E-state index in [9.17, 15) is 4.39 Å². The molecule has 0 amide bonds. The summed E-state index contributed by atoms with van der Waals surface area (Å²) in [7, 11) is 0. The quantitative estimate of drug-likeness (QED) is 0.795. The lowest BCUT2D eigenvalue weighted by molar-refractivity contribution is 0.183. The van der Waals surface area contributed by atoms with Crippen LogP contribution in [-0.4, -0.2) is 24.7 Å². The fourth-order valence-electron chi connectivity index (χ4n) is 2.69. The lowest BCUT2D eigenvalue weighted by atomic mass is 10.0. The van der Waals surface area contributed by atoms with Gasteiger partial charge in [-0.25, -0.2) is 4.39 Å². The van der Waals surface area contributed by atoms with Gasteiger partial charge < -0.3 is 4.42 Å². The number of hydrogen-bond acceptors (Lipinski definition) is 2. The molecule has 0 radical (unpaired) electrons. The van der Waals surface area contributed by atoms with Gasteiger partial charge in [-0.2, -0.15) is 0 Å². The van der Waals surface area contributed by atoms with Gasteiger partial charge in [0, 0.05) is 10.9 Å². The second kappa shape index (κ2) is 5.74. The van der Waals surface area contributed by atoms with Crippen LogP contribution in [0.15, 0.2) is 22.6 Å². The third kappa shape index (κ3) is 2.39. The maximum Gasteiger partial charge on any atom is 0.139 e. The van der Waals surface area contributed by atoms with Crippen LogP contribution < -0.4 is 0 Å². The Morgan fingerprint density at radius 1 is 1.21 bits per heavy atom. The lowest BCUT2D eigenvalue weighted by Crippen LogP contribution is -2.29. The van der Waals surface area contributed by atoms with E-state index in [1.807, 2.05) is 32.0 Å². The van der Waals surface area contributed by atoms with Gasteiger partial charge in [0.25, 0.3) is 0 Å². The Hall–Kier alpha value is -1.35. The van der Waals surface area contributed by atoms with Crippen LogP contribution >= 0.6 is 0 Å². The van der Waals surface area contributed by atoms with Gasteiger partial charge in [-0.1, -0.05) is 32.0 Å². The summed E-state index contributed by atoms with van der Waals surface area (Å²) in [6.07, 6.45) is 0. The van der Waals surface area contributed by atoms with Gasteiger partial charge in [-0.15, -0.1) is 0 Å². The van der Waals surface area contributed by atoms with Crippen LogP contribution in [0.5, 0.6) is 0 Å². The van der Waals surface area contributed by atoms with Crippen molar-refractivity contribution in [2.45, 2.75) is 33.7 Å². The highest BCUT2D eigenvalue weighted by Crippen LogP contribution is 2.33. The van der Waals surface area contributed by atoms with Crippen molar-refractivity contribution in [2.75, 3.05) is 19.8 Å². The number of hydrogen-bond donors (Lipinski definition) is 0. The monoisotopic (exact) mass is 263 g/mol. The van der Waals surface area contributed by atoms with Crippen LogP contribution in [-0.2, 0) is 0 Å². The number of furan rings is 1. The minimum absolute atomic E-state index is 0.219. The van der Waals surface area contributed by atoms with Crippen molar-refractivity contribution in [1.82, 2.24) is 4.90 Å². The summed E-state index contributed by atoms with van der Waals surface area (Å²) >= 11 is 0. The molecular formula is C16H22FNO. The molecule has 0 aliphatic rings. The molecule has 2 aromatic rings. The van der Waals surface area contributed by atoms with E-state index in [2.05, 4.69) is 18.7 Å². The van der Waals surface area contributed by atoms with E-state index >= 15 is 0 Å². The molecule has 0 N–H and O–H groups in total. The normalized spacial score (nSPS) is 13.4. The van der Waals surface area contributed by atoms with Crippen molar-refractivity contribution in [2.24, 2.45) is 0 Å². The molecule has 1 aromatic carbocycles. The van der Waals surface area contributed by atoms with E-state index in [1.165, 1.54) is 0 Å². The minimum atomic E-state index is -0.389. The fourth-order valence-corrected chi connectivity index (χ4v) is 2.69. The molecular weight excluding hydrogens is 241 g/mol. The van der Waals surface area contributed by atoms with Gasteiger partial charge in [-0.05, 0) is 32.5 Å². The number of halogens is 1. The zero-order valence-electron chi connectivity index (χ0n) is 12.2. The first kappa shape index (κ1) is 14.1. The standard InChI is InChI=1S/C16H22FNO/c1-5-18(6-2)15(10-17)14-9-7-8-13-11(3)12(4)19-16(13)14/h7-9,15H,5-6,10H2,1-4H3. The second-order valence-corrected chi connectivity index (χ2v) is 4.90. The van der Waals surface area contributed by atoms with Crippen LogP contribution in [0.4, 0.5) is 4.39 Å². The number of fused-ring (bicyclic) bond motifs is 1. The second-order valence-electron chi connectivity index (χ2n) is 4.90. The Morgan fingerprint density at radius 3 is 2.47 bits per heavy atom. The van der Waals surface area contributed by atoms with Gasteiger partial charge in [0.05, 0.1) is 6.04 Å². The number of para-hydroxylation sites is 1. The van der Waals surface area contributed by atoms with Crippen molar-refractivity contribution < 1.29 is 8.81 Å². The maximum absolute atomic E-state index is 13.5. The zero-order chi connectivity index (χ0) is 14.0. The Bertz CT molecular complexity index is 557. The summed E-state index contributed by atoms with van der Waals surface area (Å²) in [6.45, 7) is 9.41. The summed E-state index contributed by atoms with van der Waals surface area (Å²) in [5.74, 6) is 0.916. The number of nitrogens with zero attached hydrogens (tertiary/aromatic N) is 1. The third-order valence-electron chi connectivity index (χ3n) is 3.99. The van der Waals surface area contributed by atoms with Gasteiger partial charge >= 0.3 is 0 Å². The molecule has 3 heteroatoms. The Kier molecular flexibility index (Phi) is 4.25. The lowest BCUT2D eigenvalue weighted by Gasteiger charge is -2.27. The molecule has 1 heterocycles. The first-order valence-corrected chi connectivity index (χ1v) is 6.92. The fraction of sp³-hybridized carbons (Fsp3) is 0.500. The van der Waals surface area contributed by atoms with E-state index in [-0.39, 0.29) is 12.7 Å². The first-order valence-electron chi connectivity index (χ1n) is 6.92. The summed E-state index contributed by atoms with van der Waals surface area (Å²) in [4.78, 5) is 2.13. The average Bonchev–Trinajstić information content (AvgIpc) is 2.72. The minimum Gasteiger partial charge on any atom is -0.461 e. The van der Waals surface area contributed by atoms with Gasteiger partial charge in [0.15, 0.2) is 0 Å². The predicted molar refractivity (Wildman–Crippen MR) is 77.3 cm³/mol. The summed E-state index contributed by atoms with van der Waals surface area (Å²) in [5, 5.41) is 1.10. The van der Waals surface area contributed by atoms with Crippen LogP contribution in [0.1, 0.15) is 36.8 Å². The number of benzene rings is 1. The number of aryl methyl sites for hydroxylation is 2. The Labute approximate surface area is 114 Å². The highest BCUT2D eigenvalue weighted by Gasteiger charge is 2.22. The smallest absolute Gasteiger partial charge is 0.139 e. The molecule has 104 valence electrons. The highest BCUT2D eigenvalue weighted by molar-refractivity contribution is 5.85. The van der Waals surface area contributed by atoms with Crippen LogP contribution in [0.3, 0.4) is 0 Å². The molecule has 0 aliphatic heterocycles. The average molecular weight is 263 g/mol. The van der Waals surface area contributed by atoms with Crippen molar-refractivity contribution in [3.8, 4) is 0 Å². The molecule has 0 aliphatic carbocycles. The molecule has 0 saturated carbocycles. The molecule has 1 unspecified atom stereocenters.